The highest BCUT2D eigenvalue weighted by Crippen LogP contribution is 2.10. The van der Waals surface area contributed by atoms with Gasteiger partial charge in [-0.3, -0.25) is 0 Å². The van der Waals surface area contributed by atoms with Gasteiger partial charge in [0.1, 0.15) is 23.9 Å². The van der Waals surface area contributed by atoms with Crippen LogP contribution in [-0.4, -0.2) is 21.5 Å². The molecule has 0 fully saturated rings. The van der Waals surface area contributed by atoms with Gasteiger partial charge in [0.05, 0.1) is 12.7 Å². The van der Waals surface area contributed by atoms with Crippen LogP contribution in [0.5, 0.6) is 5.75 Å². The number of rotatable bonds is 6. The number of hydrogen-bond acceptors (Lipinski definition) is 4. The predicted octanol–water partition coefficient (Wildman–Crippen LogP) is 1.67. The summed E-state index contributed by atoms with van der Waals surface area (Å²) in [7, 11) is 0. The Hall–Kier alpha value is -2.21. The summed E-state index contributed by atoms with van der Waals surface area (Å²) in [6.45, 7) is 0.506. The van der Waals surface area contributed by atoms with E-state index in [1.807, 2.05) is 30.3 Å². The lowest BCUT2D eigenvalue weighted by Gasteiger charge is -2.02. The molecule has 1 aromatic carbocycles. The molecule has 0 spiro atoms. The average molecular weight is 262 g/mol. The number of aromatic nitrogens is 3. The van der Waals surface area contributed by atoms with Crippen molar-refractivity contribution in [1.82, 2.24) is 15.0 Å². The molecule has 1 aromatic heterocycles. The minimum atomic E-state index is -0.331. The molecule has 5 nitrogen and oxygen atoms in total. The van der Waals surface area contributed by atoms with Gasteiger partial charge in [0.25, 0.3) is 0 Å². The number of halogens is 1. The molecule has 0 atom stereocenters. The summed E-state index contributed by atoms with van der Waals surface area (Å²) in [4.78, 5) is 0. The Labute approximate surface area is 110 Å². The molecule has 0 unspecified atom stereocenters. The van der Waals surface area contributed by atoms with Crippen LogP contribution in [0, 0.1) is 0 Å². The van der Waals surface area contributed by atoms with E-state index in [2.05, 4.69) is 10.3 Å². The molecule has 0 aliphatic carbocycles. The SMILES string of the molecule is NCC=C(F)Cn1cc(COc2ccccc2)nn1. The van der Waals surface area contributed by atoms with Gasteiger partial charge in [-0.15, -0.1) is 5.10 Å². The quantitative estimate of drug-likeness (QED) is 0.860. The summed E-state index contributed by atoms with van der Waals surface area (Å²) >= 11 is 0. The third-order valence-electron chi connectivity index (χ3n) is 2.37. The molecule has 0 radical (unpaired) electrons. The third kappa shape index (κ3) is 4.18. The fourth-order valence-corrected chi connectivity index (χ4v) is 1.50. The molecule has 0 aliphatic heterocycles. The van der Waals surface area contributed by atoms with Gasteiger partial charge in [0, 0.05) is 6.54 Å². The molecule has 0 saturated heterocycles. The zero-order valence-electron chi connectivity index (χ0n) is 10.4. The highest BCUT2D eigenvalue weighted by molar-refractivity contribution is 5.21. The van der Waals surface area contributed by atoms with Crippen LogP contribution < -0.4 is 10.5 Å². The molecule has 0 amide bonds. The summed E-state index contributed by atoms with van der Waals surface area (Å²) in [6.07, 6.45) is 2.95. The first-order valence-corrected chi connectivity index (χ1v) is 5.89. The van der Waals surface area contributed by atoms with Gasteiger partial charge in [-0.05, 0) is 18.2 Å². The molecule has 0 bridgehead atoms. The zero-order chi connectivity index (χ0) is 13.5. The Morgan fingerprint density at radius 2 is 2.16 bits per heavy atom. The normalized spacial score (nSPS) is 11.6. The minimum absolute atomic E-state index is 0.0372. The first-order valence-electron chi connectivity index (χ1n) is 5.89. The predicted molar refractivity (Wildman–Crippen MR) is 69.0 cm³/mol. The zero-order valence-corrected chi connectivity index (χ0v) is 10.4. The van der Waals surface area contributed by atoms with Gasteiger partial charge in [0.15, 0.2) is 0 Å². The number of nitrogens with two attached hydrogens (primary N) is 1. The number of para-hydroxylation sites is 1. The topological polar surface area (TPSA) is 66.0 Å². The highest BCUT2D eigenvalue weighted by atomic mass is 19.1. The fraction of sp³-hybridized carbons (Fsp3) is 0.231. The van der Waals surface area contributed by atoms with Gasteiger partial charge in [-0.25, -0.2) is 9.07 Å². The van der Waals surface area contributed by atoms with E-state index >= 15 is 0 Å². The van der Waals surface area contributed by atoms with Crippen molar-refractivity contribution in [2.75, 3.05) is 6.54 Å². The number of ether oxygens (including phenoxy) is 1. The van der Waals surface area contributed by atoms with E-state index in [1.54, 1.807) is 6.20 Å². The minimum Gasteiger partial charge on any atom is -0.487 e. The van der Waals surface area contributed by atoms with Gasteiger partial charge < -0.3 is 10.5 Å². The second kappa shape index (κ2) is 6.65. The number of nitrogens with zero attached hydrogens (tertiary/aromatic N) is 3. The van der Waals surface area contributed by atoms with E-state index in [4.69, 9.17) is 10.5 Å². The third-order valence-corrected chi connectivity index (χ3v) is 2.37. The summed E-state index contributed by atoms with van der Waals surface area (Å²) in [5.41, 5.74) is 5.86. The maximum Gasteiger partial charge on any atom is 0.134 e. The van der Waals surface area contributed by atoms with E-state index in [0.717, 1.165) is 5.75 Å². The van der Waals surface area contributed by atoms with Crippen molar-refractivity contribution in [2.24, 2.45) is 5.73 Å². The molecule has 0 saturated carbocycles. The highest BCUT2D eigenvalue weighted by Gasteiger charge is 2.03. The lowest BCUT2D eigenvalue weighted by molar-refractivity contribution is 0.301. The molecule has 2 aromatic rings. The Morgan fingerprint density at radius 1 is 1.37 bits per heavy atom. The Morgan fingerprint density at radius 3 is 2.89 bits per heavy atom. The second-order valence-electron chi connectivity index (χ2n) is 3.90. The van der Waals surface area contributed by atoms with Crippen molar-refractivity contribution < 1.29 is 9.13 Å². The molecule has 2 rings (SSSR count). The molecule has 19 heavy (non-hydrogen) atoms. The van der Waals surface area contributed by atoms with Crippen LogP contribution in [0.25, 0.3) is 0 Å². The van der Waals surface area contributed by atoms with Crippen LogP contribution in [0.2, 0.25) is 0 Å². The van der Waals surface area contributed by atoms with Gasteiger partial charge in [0.2, 0.25) is 0 Å². The van der Waals surface area contributed by atoms with E-state index in [0.29, 0.717) is 12.3 Å². The first-order chi connectivity index (χ1) is 9.28. The monoisotopic (exact) mass is 262 g/mol. The van der Waals surface area contributed by atoms with Crippen LogP contribution in [-0.2, 0) is 13.2 Å². The van der Waals surface area contributed by atoms with Crippen molar-refractivity contribution in [2.45, 2.75) is 13.2 Å². The first kappa shape index (κ1) is 13.2. The van der Waals surface area contributed by atoms with Crippen molar-refractivity contribution in [3.63, 3.8) is 0 Å². The van der Waals surface area contributed by atoms with Gasteiger partial charge in [-0.2, -0.15) is 0 Å². The van der Waals surface area contributed by atoms with Crippen molar-refractivity contribution >= 4 is 0 Å². The standard InChI is InChI=1S/C13H15FN4O/c14-11(6-7-15)8-18-9-12(16-17-18)10-19-13-4-2-1-3-5-13/h1-6,9H,7-8,10,15H2. The van der Waals surface area contributed by atoms with E-state index in [9.17, 15) is 4.39 Å². The molecule has 1 heterocycles. The molecule has 100 valence electrons. The molecule has 6 heteroatoms. The molecule has 0 aliphatic rings. The molecular weight excluding hydrogens is 247 g/mol. The number of benzene rings is 1. The molecule has 2 N–H and O–H groups in total. The van der Waals surface area contributed by atoms with E-state index < -0.39 is 0 Å². The Kier molecular flexibility index (Phi) is 4.63. The van der Waals surface area contributed by atoms with Crippen LogP contribution in [0.3, 0.4) is 0 Å². The van der Waals surface area contributed by atoms with Gasteiger partial charge in [-0.1, -0.05) is 23.4 Å². The fourth-order valence-electron chi connectivity index (χ4n) is 1.50. The van der Waals surface area contributed by atoms with Crippen molar-refractivity contribution in [3.05, 3.63) is 54.1 Å². The Balaban J connectivity index is 1.89. The largest absolute Gasteiger partial charge is 0.487 e. The smallest absolute Gasteiger partial charge is 0.134 e. The van der Waals surface area contributed by atoms with E-state index in [-0.39, 0.29) is 18.9 Å². The summed E-state index contributed by atoms with van der Waals surface area (Å²) in [5.74, 6) is 0.425. The maximum atomic E-state index is 13.2. The van der Waals surface area contributed by atoms with Crippen LogP contribution >= 0.6 is 0 Å². The van der Waals surface area contributed by atoms with Gasteiger partial charge >= 0.3 is 0 Å². The van der Waals surface area contributed by atoms with Crippen LogP contribution in [0.4, 0.5) is 4.39 Å². The number of allylic oxidation sites excluding steroid dienone is 1. The summed E-state index contributed by atoms with van der Waals surface area (Å²) in [5, 5.41) is 7.72. The number of hydrogen-bond donors (Lipinski definition) is 1. The summed E-state index contributed by atoms with van der Waals surface area (Å²) < 4.78 is 20.1. The second-order valence-corrected chi connectivity index (χ2v) is 3.90. The lowest BCUT2D eigenvalue weighted by atomic mass is 10.3. The average Bonchev–Trinajstić information content (AvgIpc) is 2.85. The molecular formula is C13H15FN4O. The maximum absolute atomic E-state index is 13.2. The lowest BCUT2D eigenvalue weighted by Crippen LogP contribution is -2.02. The summed E-state index contributed by atoms with van der Waals surface area (Å²) in [6, 6.07) is 9.40. The van der Waals surface area contributed by atoms with Crippen molar-refractivity contribution in [3.8, 4) is 5.75 Å². The van der Waals surface area contributed by atoms with Crippen LogP contribution in [0.1, 0.15) is 5.69 Å². The van der Waals surface area contributed by atoms with Crippen LogP contribution in [0.15, 0.2) is 48.4 Å². The van der Waals surface area contributed by atoms with Crippen molar-refractivity contribution in [1.29, 1.82) is 0 Å². The Bertz CT molecular complexity index is 539. The van der Waals surface area contributed by atoms with E-state index in [1.165, 1.54) is 10.8 Å².